The van der Waals surface area contributed by atoms with Crippen molar-refractivity contribution in [1.82, 2.24) is 4.90 Å². The Morgan fingerprint density at radius 3 is 2.61 bits per heavy atom. The Bertz CT molecular complexity index is 653. The molecule has 0 aliphatic heterocycles. The van der Waals surface area contributed by atoms with Crippen LogP contribution in [0.2, 0.25) is 0 Å². The second kappa shape index (κ2) is 8.46. The lowest BCUT2D eigenvalue weighted by molar-refractivity contribution is 0.111. The van der Waals surface area contributed by atoms with Crippen molar-refractivity contribution in [3.05, 3.63) is 53.6 Å². The molecular weight excluding hydrogens is 290 g/mol. The van der Waals surface area contributed by atoms with Crippen LogP contribution in [-0.4, -0.2) is 45.5 Å². The molecule has 0 aromatic heterocycles. The largest absolute Gasteiger partial charge is 0.492 e. The molecule has 0 unspecified atom stereocenters. The van der Waals surface area contributed by atoms with Crippen molar-refractivity contribution in [1.29, 1.82) is 0 Å². The number of carbonyl (C=O) groups excluding carboxylic acids is 1. The average molecular weight is 313 g/mol. The van der Waals surface area contributed by atoms with E-state index < -0.39 is 0 Å². The molecule has 0 heterocycles. The maximum atomic E-state index is 11.4. The standard InChI is InChI=1S/C19H23NO3/c1-20(2)10-11-23-19-9-8-15(12-17(19)13-21)18-7-5-4-6-16(18)14-22-3/h4-9,12-13H,10-11,14H2,1-3H3. The zero-order valence-electron chi connectivity index (χ0n) is 13.9. The number of rotatable bonds is 8. The lowest BCUT2D eigenvalue weighted by atomic mass is 9.98. The van der Waals surface area contributed by atoms with Crippen LogP contribution in [0.3, 0.4) is 0 Å². The van der Waals surface area contributed by atoms with Crippen molar-refractivity contribution in [3.63, 3.8) is 0 Å². The van der Waals surface area contributed by atoms with Crippen LogP contribution in [0.4, 0.5) is 0 Å². The van der Waals surface area contributed by atoms with Gasteiger partial charge in [-0.3, -0.25) is 4.79 Å². The Labute approximate surface area is 137 Å². The van der Waals surface area contributed by atoms with Gasteiger partial charge in [0.05, 0.1) is 12.2 Å². The van der Waals surface area contributed by atoms with Gasteiger partial charge in [0.25, 0.3) is 0 Å². The summed E-state index contributed by atoms with van der Waals surface area (Å²) in [6.45, 7) is 1.89. The summed E-state index contributed by atoms with van der Waals surface area (Å²) in [5.74, 6) is 0.620. The normalized spacial score (nSPS) is 10.8. The number of carbonyl (C=O) groups is 1. The van der Waals surface area contributed by atoms with Crippen molar-refractivity contribution in [2.24, 2.45) is 0 Å². The van der Waals surface area contributed by atoms with E-state index in [0.717, 1.165) is 29.5 Å². The molecule has 122 valence electrons. The number of nitrogens with zero attached hydrogens (tertiary/aromatic N) is 1. The van der Waals surface area contributed by atoms with Crippen molar-refractivity contribution in [2.45, 2.75) is 6.61 Å². The van der Waals surface area contributed by atoms with Crippen molar-refractivity contribution >= 4 is 6.29 Å². The van der Waals surface area contributed by atoms with E-state index in [1.807, 2.05) is 61.5 Å². The van der Waals surface area contributed by atoms with E-state index in [0.29, 0.717) is 24.5 Å². The Balaban J connectivity index is 2.27. The van der Waals surface area contributed by atoms with E-state index in [2.05, 4.69) is 0 Å². The summed E-state index contributed by atoms with van der Waals surface area (Å²) in [4.78, 5) is 13.4. The molecule has 0 amide bonds. The lowest BCUT2D eigenvalue weighted by Crippen LogP contribution is -2.19. The molecule has 23 heavy (non-hydrogen) atoms. The van der Waals surface area contributed by atoms with E-state index in [1.54, 1.807) is 7.11 Å². The van der Waals surface area contributed by atoms with Crippen LogP contribution in [-0.2, 0) is 11.3 Å². The monoisotopic (exact) mass is 313 g/mol. The summed E-state index contributed by atoms with van der Waals surface area (Å²) >= 11 is 0. The molecule has 2 rings (SSSR count). The number of hydrogen-bond donors (Lipinski definition) is 0. The fourth-order valence-electron chi connectivity index (χ4n) is 2.36. The lowest BCUT2D eigenvalue weighted by Gasteiger charge is -2.14. The molecule has 0 saturated heterocycles. The molecule has 0 aliphatic carbocycles. The van der Waals surface area contributed by atoms with Crippen LogP contribution in [0.25, 0.3) is 11.1 Å². The van der Waals surface area contributed by atoms with Gasteiger partial charge in [-0.15, -0.1) is 0 Å². The zero-order chi connectivity index (χ0) is 16.7. The highest BCUT2D eigenvalue weighted by Crippen LogP contribution is 2.28. The van der Waals surface area contributed by atoms with Gasteiger partial charge in [0.15, 0.2) is 6.29 Å². The predicted molar refractivity (Wildman–Crippen MR) is 92.0 cm³/mol. The molecule has 4 nitrogen and oxygen atoms in total. The first-order valence-corrected chi connectivity index (χ1v) is 7.59. The summed E-state index contributed by atoms with van der Waals surface area (Å²) in [5.41, 5.74) is 3.71. The van der Waals surface area contributed by atoms with Crippen LogP contribution in [0, 0.1) is 0 Å². The number of aldehydes is 1. The number of ether oxygens (including phenoxy) is 2. The van der Waals surface area contributed by atoms with Crippen molar-refractivity contribution in [3.8, 4) is 16.9 Å². The third kappa shape index (κ3) is 4.65. The molecular formula is C19H23NO3. The second-order valence-electron chi connectivity index (χ2n) is 5.61. The molecule has 0 N–H and O–H groups in total. The van der Waals surface area contributed by atoms with Crippen LogP contribution in [0.15, 0.2) is 42.5 Å². The van der Waals surface area contributed by atoms with Gasteiger partial charge in [-0.2, -0.15) is 0 Å². The first-order chi connectivity index (χ1) is 11.2. The van der Waals surface area contributed by atoms with Crippen LogP contribution >= 0.6 is 0 Å². The minimum atomic E-state index is 0.535. The smallest absolute Gasteiger partial charge is 0.153 e. The maximum absolute atomic E-state index is 11.4. The van der Waals surface area contributed by atoms with Gasteiger partial charge in [-0.1, -0.05) is 30.3 Å². The summed E-state index contributed by atoms with van der Waals surface area (Å²) in [6.07, 6.45) is 0.841. The highest BCUT2D eigenvalue weighted by Gasteiger charge is 2.09. The van der Waals surface area contributed by atoms with Gasteiger partial charge in [0.2, 0.25) is 0 Å². The number of benzene rings is 2. The third-order valence-corrected chi connectivity index (χ3v) is 3.56. The summed E-state index contributed by atoms with van der Waals surface area (Å²) in [6, 6.07) is 13.7. The molecule has 2 aromatic rings. The van der Waals surface area contributed by atoms with Gasteiger partial charge < -0.3 is 14.4 Å². The molecule has 0 saturated carbocycles. The van der Waals surface area contributed by atoms with E-state index in [4.69, 9.17) is 9.47 Å². The van der Waals surface area contributed by atoms with E-state index in [9.17, 15) is 4.79 Å². The average Bonchev–Trinajstić information content (AvgIpc) is 2.55. The molecule has 0 aliphatic rings. The SMILES string of the molecule is COCc1ccccc1-c1ccc(OCCN(C)C)c(C=O)c1. The van der Waals surface area contributed by atoms with Crippen LogP contribution in [0.1, 0.15) is 15.9 Å². The quantitative estimate of drug-likeness (QED) is 0.701. The van der Waals surface area contributed by atoms with Gasteiger partial charge >= 0.3 is 0 Å². The van der Waals surface area contributed by atoms with Crippen LogP contribution in [0.5, 0.6) is 5.75 Å². The van der Waals surface area contributed by atoms with E-state index in [1.165, 1.54) is 0 Å². The minimum Gasteiger partial charge on any atom is -0.492 e. The fraction of sp³-hybridized carbons (Fsp3) is 0.316. The van der Waals surface area contributed by atoms with Gasteiger partial charge in [0.1, 0.15) is 12.4 Å². The fourth-order valence-corrected chi connectivity index (χ4v) is 2.36. The topological polar surface area (TPSA) is 38.8 Å². The highest BCUT2D eigenvalue weighted by molar-refractivity contribution is 5.83. The Morgan fingerprint density at radius 1 is 1.13 bits per heavy atom. The third-order valence-electron chi connectivity index (χ3n) is 3.56. The molecule has 0 spiro atoms. The Kier molecular flexibility index (Phi) is 6.32. The maximum Gasteiger partial charge on any atom is 0.153 e. The van der Waals surface area contributed by atoms with Crippen LogP contribution < -0.4 is 4.74 Å². The predicted octanol–water partition coefficient (Wildman–Crippen LogP) is 3.25. The molecule has 0 fully saturated rings. The van der Waals surface area contributed by atoms with Crippen molar-refractivity contribution < 1.29 is 14.3 Å². The number of hydrogen-bond acceptors (Lipinski definition) is 4. The molecule has 4 heteroatoms. The first kappa shape index (κ1) is 17.2. The molecule has 2 aromatic carbocycles. The molecule has 0 atom stereocenters. The molecule has 0 radical (unpaired) electrons. The Hall–Kier alpha value is -2.17. The Morgan fingerprint density at radius 2 is 1.91 bits per heavy atom. The van der Waals surface area contributed by atoms with E-state index >= 15 is 0 Å². The van der Waals surface area contributed by atoms with Crippen molar-refractivity contribution in [2.75, 3.05) is 34.4 Å². The summed E-state index contributed by atoms with van der Waals surface area (Å²) in [7, 11) is 5.65. The summed E-state index contributed by atoms with van der Waals surface area (Å²) < 4.78 is 11.0. The minimum absolute atomic E-state index is 0.535. The van der Waals surface area contributed by atoms with Gasteiger partial charge in [-0.25, -0.2) is 0 Å². The zero-order valence-corrected chi connectivity index (χ0v) is 13.9. The van der Waals surface area contributed by atoms with Gasteiger partial charge in [0, 0.05) is 13.7 Å². The first-order valence-electron chi connectivity index (χ1n) is 7.59. The number of likely N-dealkylation sites (N-methyl/N-ethyl adjacent to an activating group) is 1. The number of methoxy groups -OCH3 is 1. The van der Waals surface area contributed by atoms with E-state index in [-0.39, 0.29) is 0 Å². The molecule has 0 bridgehead atoms. The van der Waals surface area contributed by atoms with Gasteiger partial charge in [-0.05, 0) is 42.9 Å². The summed E-state index contributed by atoms with van der Waals surface area (Å²) in [5, 5.41) is 0. The second-order valence-corrected chi connectivity index (χ2v) is 5.61. The highest BCUT2D eigenvalue weighted by atomic mass is 16.5.